The van der Waals surface area contributed by atoms with E-state index < -0.39 is 5.97 Å². The number of rotatable bonds is 6. The first kappa shape index (κ1) is 15.3. The Kier molecular flexibility index (Phi) is 4.75. The fraction of sp³-hybridized carbons (Fsp3) is 0.375. The zero-order chi connectivity index (χ0) is 15.4. The SMILES string of the molecule is COCc1ccccc1-c1noc(CC(C)C)c1C(=O)O. The van der Waals surface area contributed by atoms with E-state index in [0.29, 0.717) is 24.5 Å². The molecule has 0 aliphatic heterocycles. The number of hydrogen-bond acceptors (Lipinski definition) is 4. The summed E-state index contributed by atoms with van der Waals surface area (Å²) in [4.78, 5) is 11.6. The van der Waals surface area contributed by atoms with Crippen LogP contribution in [0.25, 0.3) is 11.3 Å². The van der Waals surface area contributed by atoms with Gasteiger partial charge >= 0.3 is 5.97 Å². The van der Waals surface area contributed by atoms with Crippen molar-refractivity contribution in [2.24, 2.45) is 5.92 Å². The minimum atomic E-state index is -1.02. The molecule has 0 amide bonds. The van der Waals surface area contributed by atoms with Crippen molar-refractivity contribution in [3.05, 3.63) is 41.2 Å². The zero-order valence-electron chi connectivity index (χ0n) is 12.4. The Morgan fingerprint density at radius 1 is 1.38 bits per heavy atom. The summed E-state index contributed by atoms with van der Waals surface area (Å²) in [7, 11) is 1.60. The summed E-state index contributed by atoms with van der Waals surface area (Å²) in [6, 6.07) is 7.45. The number of aromatic nitrogens is 1. The minimum absolute atomic E-state index is 0.146. The summed E-state index contributed by atoms with van der Waals surface area (Å²) >= 11 is 0. The summed E-state index contributed by atoms with van der Waals surface area (Å²) in [5, 5.41) is 13.5. The maximum atomic E-state index is 11.6. The van der Waals surface area contributed by atoms with E-state index in [2.05, 4.69) is 5.16 Å². The highest BCUT2D eigenvalue weighted by Crippen LogP contribution is 2.30. The maximum absolute atomic E-state index is 11.6. The van der Waals surface area contributed by atoms with Gasteiger partial charge in [0.15, 0.2) is 5.76 Å². The Morgan fingerprint density at radius 3 is 2.71 bits per heavy atom. The van der Waals surface area contributed by atoms with Gasteiger partial charge in [-0.05, 0) is 11.5 Å². The lowest BCUT2D eigenvalue weighted by Crippen LogP contribution is -2.05. The molecule has 1 heterocycles. The molecule has 2 aromatic rings. The van der Waals surface area contributed by atoms with Gasteiger partial charge in [-0.25, -0.2) is 4.79 Å². The van der Waals surface area contributed by atoms with E-state index >= 15 is 0 Å². The van der Waals surface area contributed by atoms with Crippen LogP contribution in [-0.4, -0.2) is 23.3 Å². The number of carboxylic acids is 1. The molecule has 2 rings (SSSR count). The molecular weight excluding hydrogens is 270 g/mol. The molecule has 21 heavy (non-hydrogen) atoms. The second-order valence-corrected chi connectivity index (χ2v) is 5.32. The molecule has 0 radical (unpaired) electrons. The molecule has 5 heteroatoms. The second kappa shape index (κ2) is 6.54. The fourth-order valence-corrected chi connectivity index (χ4v) is 2.27. The van der Waals surface area contributed by atoms with Crippen LogP contribution in [0.4, 0.5) is 0 Å². The van der Waals surface area contributed by atoms with E-state index in [-0.39, 0.29) is 11.5 Å². The monoisotopic (exact) mass is 289 g/mol. The smallest absolute Gasteiger partial charge is 0.341 e. The van der Waals surface area contributed by atoms with Gasteiger partial charge in [-0.15, -0.1) is 0 Å². The van der Waals surface area contributed by atoms with Crippen LogP contribution in [0.5, 0.6) is 0 Å². The van der Waals surface area contributed by atoms with Crippen molar-refractivity contribution < 1.29 is 19.2 Å². The van der Waals surface area contributed by atoms with E-state index in [4.69, 9.17) is 9.26 Å². The lowest BCUT2D eigenvalue weighted by Gasteiger charge is -2.07. The molecule has 0 saturated carbocycles. The highest BCUT2D eigenvalue weighted by atomic mass is 16.5. The summed E-state index contributed by atoms with van der Waals surface area (Å²) in [6.45, 7) is 4.40. The van der Waals surface area contributed by atoms with Crippen molar-refractivity contribution in [1.82, 2.24) is 5.16 Å². The maximum Gasteiger partial charge on any atom is 0.341 e. The number of aromatic carboxylic acids is 1. The van der Waals surface area contributed by atoms with E-state index in [1.807, 2.05) is 38.1 Å². The van der Waals surface area contributed by atoms with Crippen LogP contribution in [0, 0.1) is 5.92 Å². The molecule has 0 aliphatic carbocycles. The van der Waals surface area contributed by atoms with Crippen molar-refractivity contribution in [3.63, 3.8) is 0 Å². The Bertz CT molecular complexity index is 631. The average Bonchev–Trinajstić information content (AvgIpc) is 2.82. The molecule has 0 fully saturated rings. The molecule has 0 aliphatic rings. The largest absolute Gasteiger partial charge is 0.477 e. The van der Waals surface area contributed by atoms with E-state index in [1.165, 1.54) is 0 Å². The highest BCUT2D eigenvalue weighted by molar-refractivity contribution is 5.96. The minimum Gasteiger partial charge on any atom is -0.477 e. The quantitative estimate of drug-likeness (QED) is 0.882. The lowest BCUT2D eigenvalue weighted by atomic mass is 9.98. The van der Waals surface area contributed by atoms with Gasteiger partial charge in [0.25, 0.3) is 0 Å². The lowest BCUT2D eigenvalue weighted by molar-refractivity contribution is 0.0695. The van der Waals surface area contributed by atoms with Gasteiger partial charge in [-0.2, -0.15) is 0 Å². The third-order valence-electron chi connectivity index (χ3n) is 3.14. The van der Waals surface area contributed by atoms with Gasteiger partial charge in [0.1, 0.15) is 11.3 Å². The normalized spacial score (nSPS) is 11.0. The Labute approximate surface area is 123 Å². The van der Waals surface area contributed by atoms with E-state index in [9.17, 15) is 9.90 Å². The van der Waals surface area contributed by atoms with E-state index in [1.54, 1.807) is 7.11 Å². The molecule has 0 bridgehead atoms. The molecule has 0 saturated heterocycles. The van der Waals surface area contributed by atoms with Crippen LogP contribution < -0.4 is 0 Å². The van der Waals surface area contributed by atoms with Crippen molar-refractivity contribution in [2.75, 3.05) is 7.11 Å². The number of nitrogens with zero attached hydrogens (tertiary/aromatic N) is 1. The van der Waals surface area contributed by atoms with Crippen molar-refractivity contribution in [3.8, 4) is 11.3 Å². The molecule has 0 unspecified atom stereocenters. The fourth-order valence-electron chi connectivity index (χ4n) is 2.27. The molecule has 0 atom stereocenters. The number of methoxy groups -OCH3 is 1. The molecule has 5 nitrogen and oxygen atoms in total. The molecule has 0 spiro atoms. The summed E-state index contributed by atoms with van der Waals surface area (Å²) in [6.07, 6.45) is 0.543. The van der Waals surface area contributed by atoms with Gasteiger partial charge in [-0.1, -0.05) is 43.3 Å². The van der Waals surface area contributed by atoms with Crippen LogP contribution in [0.2, 0.25) is 0 Å². The average molecular weight is 289 g/mol. The number of hydrogen-bond donors (Lipinski definition) is 1. The van der Waals surface area contributed by atoms with Crippen LogP contribution in [0.3, 0.4) is 0 Å². The molecule has 112 valence electrons. The second-order valence-electron chi connectivity index (χ2n) is 5.32. The third kappa shape index (κ3) is 3.31. The molecular formula is C16H19NO4. The summed E-state index contributed by atoms with van der Waals surface area (Å²) < 4.78 is 10.4. The van der Waals surface area contributed by atoms with Crippen molar-refractivity contribution in [2.45, 2.75) is 26.9 Å². The van der Waals surface area contributed by atoms with Crippen molar-refractivity contribution in [1.29, 1.82) is 0 Å². The van der Waals surface area contributed by atoms with Gasteiger partial charge in [0, 0.05) is 19.1 Å². The zero-order valence-corrected chi connectivity index (χ0v) is 12.4. The molecule has 1 aromatic heterocycles. The Morgan fingerprint density at radius 2 is 2.10 bits per heavy atom. The van der Waals surface area contributed by atoms with Crippen LogP contribution in [0.1, 0.15) is 35.5 Å². The number of carbonyl (C=O) groups is 1. The first-order valence-electron chi connectivity index (χ1n) is 6.83. The van der Waals surface area contributed by atoms with Crippen LogP contribution >= 0.6 is 0 Å². The topological polar surface area (TPSA) is 72.6 Å². The van der Waals surface area contributed by atoms with Gasteiger partial charge < -0.3 is 14.4 Å². The molecule has 1 aromatic carbocycles. The summed E-state index contributed by atoms with van der Waals surface area (Å²) in [5.41, 5.74) is 2.13. The predicted molar refractivity (Wildman–Crippen MR) is 78.2 cm³/mol. The highest BCUT2D eigenvalue weighted by Gasteiger charge is 2.25. The van der Waals surface area contributed by atoms with Crippen LogP contribution in [-0.2, 0) is 17.8 Å². The molecule has 1 N–H and O–H groups in total. The van der Waals surface area contributed by atoms with E-state index in [0.717, 1.165) is 11.1 Å². The first-order chi connectivity index (χ1) is 10.0. The summed E-state index contributed by atoms with van der Waals surface area (Å²) in [5.74, 6) is -0.313. The Balaban J connectivity index is 2.54. The number of benzene rings is 1. The number of carboxylic acid groups (broad SMARTS) is 1. The Hall–Kier alpha value is -2.14. The van der Waals surface area contributed by atoms with Gasteiger partial charge in [-0.3, -0.25) is 0 Å². The standard InChI is InChI=1S/C16H19NO4/c1-10(2)8-13-14(16(18)19)15(17-21-13)12-7-5-4-6-11(12)9-20-3/h4-7,10H,8-9H2,1-3H3,(H,18,19). The third-order valence-corrected chi connectivity index (χ3v) is 3.14. The number of ether oxygens (including phenoxy) is 1. The predicted octanol–water partition coefficient (Wildman–Crippen LogP) is 3.38. The van der Waals surface area contributed by atoms with Crippen molar-refractivity contribution >= 4 is 5.97 Å². The first-order valence-corrected chi connectivity index (χ1v) is 6.83. The van der Waals surface area contributed by atoms with Crippen LogP contribution in [0.15, 0.2) is 28.8 Å². The van der Waals surface area contributed by atoms with Gasteiger partial charge in [0.2, 0.25) is 0 Å². The van der Waals surface area contributed by atoms with Gasteiger partial charge in [0.05, 0.1) is 6.61 Å².